The third-order valence-corrected chi connectivity index (χ3v) is 6.02. The minimum absolute atomic E-state index is 0.00899. The fourth-order valence-corrected chi connectivity index (χ4v) is 4.30. The number of fused-ring (bicyclic) bond motifs is 3. The summed E-state index contributed by atoms with van der Waals surface area (Å²) in [5.41, 5.74) is 15.9. The van der Waals surface area contributed by atoms with Crippen molar-refractivity contribution in [2.75, 3.05) is 25.1 Å². The zero-order valence-electron chi connectivity index (χ0n) is 18.3. The number of nitrogens with two attached hydrogens (primary N) is 1. The molecule has 170 valence electrons. The Labute approximate surface area is 193 Å². The molecule has 2 aliphatic heterocycles. The summed E-state index contributed by atoms with van der Waals surface area (Å²) in [5, 5.41) is 3.61. The lowest BCUT2D eigenvalue weighted by molar-refractivity contribution is -0.121. The molecule has 32 heavy (non-hydrogen) atoms. The average molecular weight is 457 g/mol. The number of amides is 1. The van der Waals surface area contributed by atoms with Gasteiger partial charge in [-0.05, 0) is 50.2 Å². The van der Waals surface area contributed by atoms with Crippen molar-refractivity contribution in [3.05, 3.63) is 58.6 Å². The molecular formula is C23H29ClN6O2. The highest BCUT2D eigenvalue weighted by molar-refractivity contribution is 6.30. The second-order valence-electron chi connectivity index (χ2n) is 7.95. The van der Waals surface area contributed by atoms with Crippen molar-refractivity contribution in [1.82, 2.24) is 16.2 Å². The predicted molar refractivity (Wildman–Crippen MR) is 127 cm³/mol. The second kappa shape index (κ2) is 9.87. The molecule has 2 aromatic rings. The van der Waals surface area contributed by atoms with Crippen LogP contribution in [0.25, 0.3) is 0 Å². The van der Waals surface area contributed by atoms with E-state index in [0.29, 0.717) is 18.1 Å². The summed E-state index contributed by atoms with van der Waals surface area (Å²) in [6.45, 7) is 3.18. The molecule has 3 unspecified atom stereocenters. The Morgan fingerprint density at radius 2 is 2.03 bits per heavy atom. The largest absolute Gasteiger partial charge is 0.497 e. The number of anilines is 1. The third-order valence-electron chi connectivity index (χ3n) is 5.77. The van der Waals surface area contributed by atoms with Crippen molar-refractivity contribution in [1.29, 1.82) is 0 Å². The lowest BCUT2D eigenvalue weighted by Gasteiger charge is -2.31. The third kappa shape index (κ3) is 4.59. The van der Waals surface area contributed by atoms with Crippen molar-refractivity contribution >= 4 is 28.9 Å². The number of nitrogens with one attached hydrogen (secondary N) is 3. The van der Waals surface area contributed by atoms with E-state index in [2.05, 4.69) is 28.0 Å². The number of carbonyl (C=O) groups is 1. The van der Waals surface area contributed by atoms with Gasteiger partial charge in [0.05, 0.1) is 31.4 Å². The number of aliphatic imine (C=N–C) groups is 1. The Morgan fingerprint density at radius 1 is 1.25 bits per heavy atom. The van der Waals surface area contributed by atoms with E-state index >= 15 is 0 Å². The van der Waals surface area contributed by atoms with E-state index in [1.54, 1.807) is 7.11 Å². The van der Waals surface area contributed by atoms with Crippen molar-refractivity contribution in [3.63, 3.8) is 0 Å². The van der Waals surface area contributed by atoms with Gasteiger partial charge in [-0.3, -0.25) is 9.79 Å². The van der Waals surface area contributed by atoms with Gasteiger partial charge in [0, 0.05) is 28.4 Å². The van der Waals surface area contributed by atoms with Gasteiger partial charge >= 0.3 is 0 Å². The molecule has 9 heteroatoms. The summed E-state index contributed by atoms with van der Waals surface area (Å²) in [7, 11) is 1.65. The van der Waals surface area contributed by atoms with Gasteiger partial charge in [-0.25, -0.2) is 10.9 Å². The molecule has 0 spiro atoms. The minimum atomic E-state index is -0.325. The van der Waals surface area contributed by atoms with Gasteiger partial charge in [0.15, 0.2) is 0 Å². The number of hydrogen-bond donors (Lipinski definition) is 4. The van der Waals surface area contributed by atoms with Crippen LogP contribution in [0.15, 0.2) is 47.5 Å². The standard InChI is InChI=1S/C23H29ClN6O2/c1-14-28-29-23-19(13-21(31)26-11-3-10-25)27-22(15-4-6-16(24)7-5-15)18-12-17(32-2)8-9-20(18)30(14)23/h4-9,12,14,19,23,28-29H,3,10-11,13,25H2,1-2H3,(H,26,31). The highest BCUT2D eigenvalue weighted by Crippen LogP contribution is 2.36. The van der Waals surface area contributed by atoms with E-state index in [4.69, 9.17) is 27.1 Å². The first-order valence-electron chi connectivity index (χ1n) is 10.8. The number of nitrogens with zero attached hydrogens (tertiary/aromatic N) is 2. The van der Waals surface area contributed by atoms with Crippen molar-refractivity contribution in [3.8, 4) is 5.75 Å². The van der Waals surface area contributed by atoms with Crippen LogP contribution in [0.2, 0.25) is 5.02 Å². The van der Waals surface area contributed by atoms with E-state index in [0.717, 1.165) is 34.7 Å². The van der Waals surface area contributed by atoms with Gasteiger partial charge in [-0.2, -0.15) is 0 Å². The lowest BCUT2D eigenvalue weighted by atomic mass is 9.99. The van der Waals surface area contributed by atoms with E-state index in [9.17, 15) is 4.79 Å². The smallest absolute Gasteiger partial charge is 0.222 e. The number of hydrogen-bond acceptors (Lipinski definition) is 7. The first kappa shape index (κ1) is 22.5. The number of ether oxygens (including phenoxy) is 1. The molecular weight excluding hydrogens is 428 g/mol. The summed E-state index contributed by atoms with van der Waals surface area (Å²) >= 11 is 6.14. The van der Waals surface area contributed by atoms with Gasteiger partial charge in [-0.1, -0.05) is 23.7 Å². The van der Waals surface area contributed by atoms with Crippen LogP contribution >= 0.6 is 11.6 Å². The average Bonchev–Trinajstić information content (AvgIpc) is 3.12. The highest BCUT2D eigenvalue weighted by atomic mass is 35.5. The van der Waals surface area contributed by atoms with Crippen LogP contribution in [0.3, 0.4) is 0 Å². The lowest BCUT2D eigenvalue weighted by Crippen LogP contribution is -2.47. The maximum absolute atomic E-state index is 12.7. The van der Waals surface area contributed by atoms with E-state index in [-0.39, 0.29) is 30.7 Å². The molecule has 0 radical (unpaired) electrons. The Morgan fingerprint density at radius 3 is 2.75 bits per heavy atom. The predicted octanol–water partition coefficient (Wildman–Crippen LogP) is 2.01. The molecule has 0 saturated carbocycles. The molecule has 3 atom stereocenters. The molecule has 2 heterocycles. The topological polar surface area (TPSA) is 104 Å². The first-order chi connectivity index (χ1) is 15.5. The summed E-state index contributed by atoms with van der Waals surface area (Å²) in [6, 6.07) is 13.3. The first-order valence-corrected chi connectivity index (χ1v) is 11.2. The van der Waals surface area contributed by atoms with Crippen LogP contribution in [-0.4, -0.2) is 50.2 Å². The number of halogens is 1. The summed E-state index contributed by atoms with van der Waals surface area (Å²) < 4.78 is 5.51. The number of methoxy groups -OCH3 is 1. The van der Waals surface area contributed by atoms with E-state index in [1.165, 1.54) is 0 Å². The van der Waals surface area contributed by atoms with Crippen LogP contribution in [-0.2, 0) is 4.79 Å². The van der Waals surface area contributed by atoms with E-state index in [1.807, 2.05) is 42.5 Å². The molecule has 1 fully saturated rings. The normalized spacial score (nSPS) is 21.9. The number of hydrazine groups is 1. The van der Waals surface area contributed by atoms with Crippen LogP contribution in [0, 0.1) is 0 Å². The van der Waals surface area contributed by atoms with Crippen LogP contribution in [0.4, 0.5) is 5.69 Å². The van der Waals surface area contributed by atoms with Crippen LogP contribution < -0.4 is 31.5 Å². The van der Waals surface area contributed by atoms with Crippen molar-refractivity contribution in [2.24, 2.45) is 10.7 Å². The quantitative estimate of drug-likeness (QED) is 0.475. The highest BCUT2D eigenvalue weighted by Gasteiger charge is 2.40. The summed E-state index contributed by atoms with van der Waals surface area (Å²) in [4.78, 5) is 20.1. The van der Waals surface area contributed by atoms with Gasteiger partial charge in [0.25, 0.3) is 0 Å². The molecule has 4 rings (SSSR count). The van der Waals surface area contributed by atoms with E-state index < -0.39 is 0 Å². The minimum Gasteiger partial charge on any atom is -0.497 e. The van der Waals surface area contributed by atoms with Crippen molar-refractivity contribution in [2.45, 2.75) is 38.1 Å². The Hall–Kier alpha value is -2.65. The SMILES string of the molecule is COc1ccc2c(c1)C(c1ccc(Cl)cc1)=NC(CC(=O)NCCCN)C1NNC(C)N21. The van der Waals surface area contributed by atoms with Gasteiger partial charge in [0.2, 0.25) is 5.91 Å². The molecule has 1 amide bonds. The maximum Gasteiger partial charge on any atom is 0.222 e. The molecule has 2 aromatic carbocycles. The fraction of sp³-hybridized carbons (Fsp3) is 0.391. The van der Waals surface area contributed by atoms with Gasteiger partial charge in [-0.15, -0.1) is 0 Å². The number of benzene rings is 2. The zero-order chi connectivity index (χ0) is 22.7. The maximum atomic E-state index is 12.7. The Balaban J connectivity index is 1.79. The van der Waals surface area contributed by atoms with Gasteiger partial charge < -0.3 is 20.7 Å². The second-order valence-corrected chi connectivity index (χ2v) is 8.38. The fourth-order valence-electron chi connectivity index (χ4n) is 4.18. The Kier molecular flexibility index (Phi) is 6.95. The molecule has 0 aromatic heterocycles. The summed E-state index contributed by atoms with van der Waals surface area (Å²) in [6.07, 6.45) is 0.805. The van der Waals surface area contributed by atoms with Crippen molar-refractivity contribution < 1.29 is 9.53 Å². The molecule has 5 N–H and O–H groups in total. The monoisotopic (exact) mass is 456 g/mol. The Bertz CT molecular complexity index is 996. The molecule has 1 saturated heterocycles. The molecule has 8 nitrogen and oxygen atoms in total. The van der Waals surface area contributed by atoms with Gasteiger partial charge in [0.1, 0.15) is 11.9 Å². The number of carbonyl (C=O) groups excluding carboxylic acids is 1. The van der Waals surface area contributed by atoms with Crippen LogP contribution in [0.1, 0.15) is 30.9 Å². The van der Waals surface area contributed by atoms with Crippen LogP contribution in [0.5, 0.6) is 5.75 Å². The molecule has 0 bridgehead atoms. The summed E-state index contributed by atoms with van der Waals surface area (Å²) in [5.74, 6) is 0.695. The molecule has 0 aliphatic carbocycles. The zero-order valence-corrected chi connectivity index (χ0v) is 19.0. The number of rotatable bonds is 7. The molecule has 2 aliphatic rings.